The smallest absolute Gasteiger partial charge is 0.405 e. The second-order valence-corrected chi connectivity index (χ2v) is 5.04. The van der Waals surface area contributed by atoms with E-state index in [9.17, 15) is 13.2 Å². The highest BCUT2D eigenvalue weighted by atomic mass is 32.1. The van der Waals surface area contributed by atoms with E-state index in [1.54, 1.807) is 18.4 Å². The molecule has 1 heterocycles. The number of aromatic nitrogens is 1. The third-order valence-electron chi connectivity index (χ3n) is 2.55. The molecule has 0 aliphatic heterocycles. The van der Waals surface area contributed by atoms with Crippen LogP contribution in [0.15, 0.2) is 29.6 Å². The molecule has 0 fully saturated rings. The molecular formula is C12H12F3N3OS. The van der Waals surface area contributed by atoms with Crippen LogP contribution in [0.5, 0.6) is 5.75 Å². The Labute approximate surface area is 117 Å². The molecule has 2 rings (SSSR count). The molecule has 0 bridgehead atoms. The Morgan fingerprint density at radius 3 is 2.60 bits per heavy atom. The summed E-state index contributed by atoms with van der Waals surface area (Å²) in [6.07, 6.45) is -4.76. The Balaban J connectivity index is 2.39. The van der Waals surface area contributed by atoms with E-state index in [0.29, 0.717) is 5.69 Å². The molecule has 0 aliphatic carbocycles. The van der Waals surface area contributed by atoms with Crippen LogP contribution in [0.1, 0.15) is 22.3 Å². The minimum Gasteiger partial charge on any atom is -0.405 e. The highest BCUT2D eigenvalue weighted by Crippen LogP contribution is 2.33. The van der Waals surface area contributed by atoms with Gasteiger partial charge in [-0.3, -0.25) is 5.84 Å². The molecule has 1 atom stereocenters. The highest BCUT2D eigenvalue weighted by Gasteiger charge is 2.33. The fourth-order valence-electron chi connectivity index (χ4n) is 1.78. The summed E-state index contributed by atoms with van der Waals surface area (Å²) in [5, 5.41) is 2.54. The van der Waals surface area contributed by atoms with Crippen LogP contribution in [0, 0.1) is 6.92 Å². The molecule has 4 nitrogen and oxygen atoms in total. The van der Waals surface area contributed by atoms with Crippen molar-refractivity contribution < 1.29 is 17.9 Å². The molecule has 3 N–H and O–H groups in total. The topological polar surface area (TPSA) is 60.2 Å². The molecule has 0 radical (unpaired) electrons. The van der Waals surface area contributed by atoms with E-state index in [2.05, 4.69) is 15.1 Å². The largest absolute Gasteiger partial charge is 0.573 e. The second-order valence-electron chi connectivity index (χ2n) is 3.98. The third-order valence-corrected chi connectivity index (χ3v) is 3.35. The van der Waals surface area contributed by atoms with Crippen LogP contribution < -0.4 is 16.0 Å². The number of benzene rings is 1. The first-order chi connectivity index (χ1) is 9.40. The number of hydrazine groups is 1. The van der Waals surface area contributed by atoms with Gasteiger partial charge in [0.1, 0.15) is 5.75 Å². The van der Waals surface area contributed by atoms with Crippen molar-refractivity contribution in [1.82, 2.24) is 10.4 Å². The monoisotopic (exact) mass is 303 g/mol. The number of para-hydroxylation sites is 1. The predicted octanol–water partition coefficient (Wildman–Crippen LogP) is 2.90. The molecule has 1 aromatic heterocycles. The van der Waals surface area contributed by atoms with Gasteiger partial charge in [-0.15, -0.1) is 24.5 Å². The van der Waals surface area contributed by atoms with Crippen molar-refractivity contribution in [2.75, 3.05) is 0 Å². The van der Waals surface area contributed by atoms with E-state index in [0.717, 1.165) is 5.01 Å². The zero-order valence-corrected chi connectivity index (χ0v) is 11.3. The van der Waals surface area contributed by atoms with Crippen molar-refractivity contribution in [2.24, 2.45) is 5.84 Å². The van der Waals surface area contributed by atoms with Crippen molar-refractivity contribution in [3.8, 4) is 5.75 Å². The van der Waals surface area contributed by atoms with E-state index in [1.807, 2.05) is 0 Å². The Bertz CT molecular complexity index is 585. The minimum atomic E-state index is -4.76. The average molecular weight is 303 g/mol. The van der Waals surface area contributed by atoms with Gasteiger partial charge in [0.2, 0.25) is 0 Å². The van der Waals surface area contributed by atoms with Crippen molar-refractivity contribution >= 4 is 11.3 Å². The van der Waals surface area contributed by atoms with Gasteiger partial charge in [0, 0.05) is 10.9 Å². The SMILES string of the molecule is Cc1nc(C(NN)c2ccccc2OC(F)(F)F)cs1. The van der Waals surface area contributed by atoms with Crippen molar-refractivity contribution in [3.05, 3.63) is 45.9 Å². The molecule has 108 valence electrons. The number of ether oxygens (including phenoxy) is 1. The molecule has 1 aromatic carbocycles. The zero-order valence-electron chi connectivity index (χ0n) is 10.4. The number of aryl methyl sites for hydroxylation is 1. The van der Waals surface area contributed by atoms with Gasteiger partial charge in [-0.1, -0.05) is 18.2 Å². The molecule has 0 amide bonds. The van der Waals surface area contributed by atoms with E-state index < -0.39 is 12.4 Å². The number of thiazole rings is 1. The summed E-state index contributed by atoms with van der Waals surface area (Å²) in [5.41, 5.74) is 3.30. The Morgan fingerprint density at radius 1 is 1.35 bits per heavy atom. The molecule has 0 saturated carbocycles. The average Bonchev–Trinajstić information content (AvgIpc) is 2.77. The van der Waals surface area contributed by atoms with Crippen LogP contribution in [0.4, 0.5) is 13.2 Å². The summed E-state index contributed by atoms with van der Waals surface area (Å²) in [6.45, 7) is 1.81. The lowest BCUT2D eigenvalue weighted by atomic mass is 10.0. The molecule has 0 aliphatic rings. The van der Waals surface area contributed by atoms with E-state index in [1.165, 1.54) is 29.5 Å². The lowest BCUT2D eigenvalue weighted by Crippen LogP contribution is -2.30. The molecule has 2 aromatic rings. The summed E-state index contributed by atoms with van der Waals surface area (Å²) in [7, 11) is 0. The minimum absolute atomic E-state index is 0.276. The van der Waals surface area contributed by atoms with Crippen molar-refractivity contribution in [1.29, 1.82) is 0 Å². The Morgan fingerprint density at radius 2 is 2.05 bits per heavy atom. The van der Waals surface area contributed by atoms with Crippen LogP contribution in [0.3, 0.4) is 0 Å². The van der Waals surface area contributed by atoms with Crippen LogP contribution in [-0.2, 0) is 0 Å². The van der Waals surface area contributed by atoms with Gasteiger partial charge in [0.05, 0.1) is 16.7 Å². The third kappa shape index (κ3) is 3.47. The second kappa shape index (κ2) is 5.78. The maximum atomic E-state index is 12.4. The van der Waals surface area contributed by atoms with Gasteiger partial charge in [0.25, 0.3) is 0 Å². The zero-order chi connectivity index (χ0) is 14.8. The molecule has 20 heavy (non-hydrogen) atoms. The summed E-state index contributed by atoms with van der Waals surface area (Å²) < 4.78 is 41.2. The molecule has 0 saturated heterocycles. The number of alkyl halides is 3. The van der Waals surface area contributed by atoms with Gasteiger partial charge in [-0.25, -0.2) is 10.4 Å². The molecule has 0 spiro atoms. The number of hydrogen-bond acceptors (Lipinski definition) is 5. The van der Waals surface area contributed by atoms with Crippen molar-refractivity contribution in [2.45, 2.75) is 19.3 Å². The predicted molar refractivity (Wildman–Crippen MR) is 69.1 cm³/mol. The fourth-order valence-corrected chi connectivity index (χ4v) is 2.42. The highest BCUT2D eigenvalue weighted by molar-refractivity contribution is 7.09. The summed E-state index contributed by atoms with van der Waals surface area (Å²) in [6, 6.07) is 5.16. The first-order valence-electron chi connectivity index (χ1n) is 5.63. The number of halogens is 3. The van der Waals surface area contributed by atoms with Crippen LogP contribution >= 0.6 is 11.3 Å². The number of rotatable bonds is 4. The summed E-state index contributed by atoms with van der Waals surface area (Å²) in [5.74, 6) is 5.16. The molecule has 8 heteroatoms. The van der Waals surface area contributed by atoms with Gasteiger partial charge < -0.3 is 4.74 Å². The molecular weight excluding hydrogens is 291 g/mol. The maximum Gasteiger partial charge on any atom is 0.573 e. The number of nitrogens with two attached hydrogens (primary N) is 1. The Hall–Kier alpha value is -1.64. The maximum absolute atomic E-state index is 12.4. The van der Waals surface area contributed by atoms with Gasteiger partial charge >= 0.3 is 6.36 Å². The van der Waals surface area contributed by atoms with Crippen LogP contribution in [0.2, 0.25) is 0 Å². The summed E-state index contributed by atoms with van der Waals surface area (Å²) in [4.78, 5) is 4.24. The fraction of sp³-hybridized carbons (Fsp3) is 0.250. The first kappa shape index (κ1) is 14.8. The van der Waals surface area contributed by atoms with E-state index in [-0.39, 0.29) is 11.3 Å². The van der Waals surface area contributed by atoms with E-state index in [4.69, 9.17) is 5.84 Å². The lowest BCUT2D eigenvalue weighted by Gasteiger charge is -2.19. The molecule has 1 unspecified atom stereocenters. The number of hydrogen-bond donors (Lipinski definition) is 2. The number of nitrogens with one attached hydrogen (secondary N) is 1. The summed E-state index contributed by atoms with van der Waals surface area (Å²) >= 11 is 1.39. The van der Waals surface area contributed by atoms with Gasteiger partial charge in [-0.05, 0) is 13.0 Å². The standard InChI is InChI=1S/C12H12F3N3OS/c1-7-17-9(6-20-7)11(18-16)8-4-2-3-5-10(8)19-12(13,14)15/h2-6,11,18H,16H2,1H3. The normalized spacial score (nSPS) is 13.2. The quantitative estimate of drug-likeness (QED) is 0.673. The lowest BCUT2D eigenvalue weighted by molar-refractivity contribution is -0.275. The first-order valence-corrected chi connectivity index (χ1v) is 6.51. The number of nitrogens with zero attached hydrogens (tertiary/aromatic N) is 1. The van der Waals surface area contributed by atoms with Gasteiger partial charge in [-0.2, -0.15) is 0 Å². The van der Waals surface area contributed by atoms with Crippen LogP contribution in [0.25, 0.3) is 0 Å². The Kier molecular flexibility index (Phi) is 4.26. The van der Waals surface area contributed by atoms with Crippen molar-refractivity contribution in [3.63, 3.8) is 0 Å². The van der Waals surface area contributed by atoms with Gasteiger partial charge in [0.15, 0.2) is 0 Å². The van der Waals surface area contributed by atoms with E-state index >= 15 is 0 Å². The van der Waals surface area contributed by atoms with Crippen LogP contribution in [-0.4, -0.2) is 11.3 Å².